The number of aromatic nitrogens is 5. The molecule has 0 bridgehead atoms. The van der Waals surface area contributed by atoms with Gasteiger partial charge in [-0.1, -0.05) is 19.9 Å². The molecule has 0 saturated heterocycles. The van der Waals surface area contributed by atoms with Crippen molar-refractivity contribution in [1.82, 2.24) is 24.1 Å². The van der Waals surface area contributed by atoms with Gasteiger partial charge in [-0.15, -0.1) is 11.8 Å². The Morgan fingerprint density at radius 1 is 1.16 bits per heavy atom. The van der Waals surface area contributed by atoms with Gasteiger partial charge in [-0.05, 0) is 11.6 Å². The zero-order valence-corrected chi connectivity index (χ0v) is 15.4. The summed E-state index contributed by atoms with van der Waals surface area (Å²) in [5.74, 6) is 1.33. The van der Waals surface area contributed by atoms with Crippen LogP contribution in [0.1, 0.15) is 31.2 Å². The summed E-state index contributed by atoms with van der Waals surface area (Å²) in [5.41, 5.74) is 0.642. The Hall–Kier alpha value is -2.48. The number of hydrogen-bond acceptors (Lipinski definition) is 6. The van der Waals surface area contributed by atoms with E-state index in [-0.39, 0.29) is 11.5 Å². The third-order valence-electron chi connectivity index (χ3n) is 3.90. The molecule has 0 aliphatic carbocycles. The molecule has 3 heterocycles. The van der Waals surface area contributed by atoms with Crippen LogP contribution in [0.2, 0.25) is 0 Å². The van der Waals surface area contributed by atoms with Crippen LogP contribution in [0.5, 0.6) is 0 Å². The van der Waals surface area contributed by atoms with Gasteiger partial charge in [0.1, 0.15) is 16.2 Å². The molecule has 0 amide bonds. The number of thioether (sulfide) groups is 1. The average molecular weight is 357 g/mol. The molecule has 3 aromatic rings. The predicted molar refractivity (Wildman–Crippen MR) is 97.9 cm³/mol. The number of rotatable bonds is 4. The summed E-state index contributed by atoms with van der Waals surface area (Å²) in [6.45, 7) is 3.96. The smallest absolute Gasteiger partial charge is 0.280 e. The first-order valence-electron chi connectivity index (χ1n) is 7.89. The second kappa shape index (κ2) is 6.79. The number of nitrogens with zero attached hydrogens (tertiary/aromatic N) is 5. The van der Waals surface area contributed by atoms with E-state index in [2.05, 4.69) is 15.0 Å². The van der Waals surface area contributed by atoms with Gasteiger partial charge < -0.3 is 0 Å². The van der Waals surface area contributed by atoms with Crippen LogP contribution in [0.15, 0.2) is 39.1 Å². The zero-order valence-electron chi connectivity index (χ0n) is 14.6. The van der Waals surface area contributed by atoms with E-state index < -0.39 is 5.69 Å². The fourth-order valence-corrected chi connectivity index (χ4v) is 3.40. The molecule has 25 heavy (non-hydrogen) atoms. The van der Waals surface area contributed by atoms with Crippen molar-refractivity contribution in [3.63, 3.8) is 0 Å². The SMILES string of the molecule is CC(C)c1nc(SCc2cccnc2)c2c(=O)n(C)c(=O)n(C)c2n1. The Kier molecular flexibility index (Phi) is 4.71. The summed E-state index contributed by atoms with van der Waals surface area (Å²) in [7, 11) is 3.09. The number of pyridine rings is 1. The summed E-state index contributed by atoms with van der Waals surface area (Å²) < 4.78 is 2.49. The number of hydrogen-bond donors (Lipinski definition) is 0. The van der Waals surface area contributed by atoms with Gasteiger partial charge in [0.15, 0.2) is 5.65 Å². The summed E-state index contributed by atoms with van der Waals surface area (Å²) in [4.78, 5) is 38.0. The molecule has 0 fully saturated rings. The zero-order chi connectivity index (χ0) is 18.1. The fraction of sp³-hybridized carbons (Fsp3) is 0.353. The van der Waals surface area contributed by atoms with E-state index in [9.17, 15) is 9.59 Å². The van der Waals surface area contributed by atoms with Gasteiger partial charge in [0.2, 0.25) is 0 Å². The van der Waals surface area contributed by atoms with Crippen LogP contribution in [0, 0.1) is 0 Å². The Morgan fingerprint density at radius 3 is 2.56 bits per heavy atom. The molecule has 8 heteroatoms. The van der Waals surface area contributed by atoms with Crippen LogP contribution in [0.3, 0.4) is 0 Å². The van der Waals surface area contributed by atoms with Crippen LogP contribution < -0.4 is 11.2 Å². The summed E-state index contributed by atoms with van der Waals surface area (Å²) in [6.07, 6.45) is 3.50. The largest absolute Gasteiger partial charge is 0.332 e. The molecular formula is C17H19N5O2S. The molecule has 0 radical (unpaired) electrons. The molecule has 0 atom stereocenters. The fourth-order valence-electron chi connectivity index (χ4n) is 2.44. The van der Waals surface area contributed by atoms with Crippen molar-refractivity contribution in [2.45, 2.75) is 30.5 Å². The lowest BCUT2D eigenvalue weighted by Crippen LogP contribution is -2.37. The van der Waals surface area contributed by atoms with Crippen molar-refractivity contribution < 1.29 is 0 Å². The topological polar surface area (TPSA) is 82.7 Å². The minimum atomic E-state index is -0.394. The van der Waals surface area contributed by atoms with E-state index in [1.54, 1.807) is 19.4 Å². The van der Waals surface area contributed by atoms with E-state index in [4.69, 9.17) is 0 Å². The third kappa shape index (κ3) is 3.21. The number of aryl methyl sites for hydroxylation is 1. The highest BCUT2D eigenvalue weighted by Gasteiger charge is 2.18. The van der Waals surface area contributed by atoms with Crippen LogP contribution in [0.25, 0.3) is 11.0 Å². The first kappa shape index (κ1) is 17.3. The lowest BCUT2D eigenvalue weighted by atomic mass is 10.2. The van der Waals surface area contributed by atoms with Crippen molar-refractivity contribution in [2.75, 3.05) is 0 Å². The van der Waals surface area contributed by atoms with Gasteiger partial charge in [-0.2, -0.15) is 0 Å². The summed E-state index contributed by atoms with van der Waals surface area (Å²) in [6, 6.07) is 3.84. The van der Waals surface area contributed by atoms with E-state index in [1.165, 1.54) is 23.4 Å². The second-order valence-electron chi connectivity index (χ2n) is 6.10. The predicted octanol–water partition coefficient (Wildman–Crippen LogP) is 1.84. The van der Waals surface area contributed by atoms with Crippen LogP contribution in [0.4, 0.5) is 0 Å². The quantitative estimate of drug-likeness (QED) is 0.523. The highest BCUT2D eigenvalue weighted by molar-refractivity contribution is 7.98. The van der Waals surface area contributed by atoms with E-state index in [0.29, 0.717) is 27.6 Å². The average Bonchev–Trinajstić information content (AvgIpc) is 2.62. The van der Waals surface area contributed by atoms with Crippen LogP contribution in [-0.4, -0.2) is 24.1 Å². The monoisotopic (exact) mass is 357 g/mol. The molecule has 0 aromatic carbocycles. The molecule has 0 aliphatic heterocycles. The third-order valence-corrected chi connectivity index (χ3v) is 4.95. The molecular weight excluding hydrogens is 338 g/mol. The van der Waals surface area contributed by atoms with Crippen molar-refractivity contribution >= 4 is 22.8 Å². The molecule has 3 rings (SSSR count). The molecule has 7 nitrogen and oxygen atoms in total. The highest BCUT2D eigenvalue weighted by atomic mass is 32.2. The Morgan fingerprint density at radius 2 is 1.92 bits per heavy atom. The van der Waals surface area contributed by atoms with Gasteiger partial charge >= 0.3 is 5.69 Å². The van der Waals surface area contributed by atoms with Crippen molar-refractivity contribution in [3.8, 4) is 0 Å². The van der Waals surface area contributed by atoms with Crippen LogP contribution >= 0.6 is 11.8 Å². The van der Waals surface area contributed by atoms with Crippen molar-refractivity contribution in [2.24, 2.45) is 14.1 Å². The maximum absolute atomic E-state index is 12.7. The maximum Gasteiger partial charge on any atom is 0.332 e. The van der Waals surface area contributed by atoms with E-state index in [0.717, 1.165) is 10.1 Å². The van der Waals surface area contributed by atoms with Gasteiger partial charge in [-0.3, -0.25) is 18.9 Å². The van der Waals surface area contributed by atoms with Gasteiger partial charge in [0.25, 0.3) is 5.56 Å². The van der Waals surface area contributed by atoms with Crippen molar-refractivity contribution in [3.05, 3.63) is 56.8 Å². The molecule has 0 N–H and O–H groups in total. The lowest BCUT2D eigenvalue weighted by Gasteiger charge is -2.13. The highest BCUT2D eigenvalue weighted by Crippen LogP contribution is 2.27. The van der Waals surface area contributed by atoms with Crippen LogP contribution in [-0.2, 0) is 19.8 Å². The molecule has 0 spiro atoms. The van der Waals surface area contributed by atoms with Crippen molar-refractivity contribution in [1.29, 1.82) is 0 Å². The minimum Gasteiger partial charge on any atom is -0.280 e. The molecule has 0 saturated carbocycles. The second-order valence-corrected chi connectivity index (χ2v) is 7.06. The molecule has 0 aliphatic rings. The standard InChI is InChI=1S/C17H19N5O2S/c1-10(2)13-19-14-12(16(23)22(4)17(24)21(14)3)15(20-13)25-9-11-6-5-7-18-8-11/h5-8,10H,9H2,1-4H3. The maximum atomic E-state index is 12.7. The Balaban J connectivity index is 2.21. The van der Waals surface area contributed by atoms with E-state index in [1.807, 2.05) is 26.0 Å². The Bertz CT molecular complexity index is 1040. The molecule has 3 aromatic heterocycles. The molecule has 0 unspecified atom stereocenters. The minimum absolute atomic E-state index is 0.0845. The number of fused-ring (bicyclic) bond motifs is 1. The van der Waals surface area contributed by atoms with Gasteiger partial charge in [-0.25, -0.2) is 14.8 Å². The molecule has 130 valence electrons. The lowest BCUT2D eigenvalue weighted by molar-refractivity contribution is 0.689. The summed E-state index contributed by atoms with van der Waals surface area (Å²) >= 11 is 1.45. The first-order chi connectivity index (χ1) is 11.9. The first-order valence-corrected chi connectivity index (χ1v) is 8.88. The van der Waals surface area contributed by atoms with E-state index >= 15 is 0 Å². The van der Waals surface area contributed by atoms with Gasteiger partial charge in [0, 0.05) is 38.2 Å². The van der Waals surface area contributed by atoms with Gasteiger partial charge in [0.05, 0.1) is 0 Å². The normalized spacial score (nSPS) is 11.4. The Labute approximate surface area is 148 Å². The summed E-state index contributed by atoms with van der Waals surface area (Å²) in [5, 5.41) is 0.969.